The summed E-state index contributed by atoms with van der Waals surface area (Å²) in [7, 11) is 0. The number of benzene rings is 1. The van der Waals surface area contributed by atoms with Crippen molar-refractivity contribution in [3.63, 3.8) is 0 Å². The molecule has 0 fully saturated rings. The molecule has 0 aliphatic heterocycles. The van der Waals surface area contributed by atoms with E-state index < -0.39 is 11.9 Å². The Balaban J connectivity index is 2.30. The molecule has 1 N–H and O–H groups in total. The highest BCUT2D eigenvalue weighted by molar-refractivity contribution is 6.04. The minimum Gasteiger partial charge on any atom is -0.322 e. The van der Waals surface area contributed by atoms with Gasteiger partial charge in [0.2, 0.25) is 5.95 Å². The number of amides is 1. The molecule has 0 atom stereocenters. The molecule has 0 radical (unpaired) electrons. The second kappa shape index (κ2) is 5.27. The normalized spacial score (nSPS) is 9.74. The molecule has 2 rings (SSSR count). The molecule has 19 heavy (non-hydrogen) atoms. The highest BCUT2D eigenvalue weighted by Crippen LogP contribution is 2.17. The molecule has 0 spiro atoms. The van der Waals surface area contributed by atoms with Crippen LogP contribution in [-0.2, 0) is 0 Å². The average Bonchev–Trinajstić information content (AvgIpc) is 2.41. The van der Waals surface area contributed by atoms with E-state index >= 15 is 0 Å². The maximum absolute atomic E-state index is 13.4. The number of nitriles is 1. The second-order valence-electron chi connectivity index (χ2n) is 3.94. The summed E-state index contributed by atoms with van der Waals surface area (Å²) in [5, 5.41) is 11.4. The van der Waals surface area contributed by atoms with Crippen molar-refractivity contribution >= 4 is 11.6 Å². The molecule has 1 aromatic heterocycles. The van der Waals surface area contributed by atoms with Gasteiger partial charge in [0.15, 0.2) is 0 Å². The Hall–Kier alpha value is -2.74. The van der Waals surface area contributed by atoms with Gasteiger partial charge in [-0.3, -0.25) is 4.79 Å². The molecular formula is C14H10FN3O. The standard InChI is InChI=1S/C14H10FN3O/c1-9-4-5-10(8-16)7-12(9)18-14(19)11-3-2-6-17-13(11)15/h2-7H,1H3,(H,18,19). The van der Waals surface area contributed by atoms with Crippen molar-refractivity contribution in [1.82, 2.24) is 4.98 Å². The lowest BCUT2D eigenvalue weighted by Gasteiger charge is -2.08. The zero-order chi connectivity index (χ0) is 13.8. The third kappa shape index (κ3) is 2.75. The largest absolute Gasteiger partial charge is 0.322 e. The van der Waals surface area contributed by atoms with Gasteiger partial charge in [0.1, 0.15) is 0 Å². The summed E-state index contributed by atoms with van der Waals surface area (Å²) in [6, 6.07) is 9.72. The first-order valence-electron chi connectivity index (χ1n) is 5.54. The van der Waals surface area contributed by atoms with Gasteiger partial charge in [-0.25, -0.2) is 4.98 Å². The average molecular weight is 255 g/mol. The summed E-state index contributed by atoms with van der Waals surface area (Å²) in [6.07, 6.45) is 1.27. The van der Waals surface area contributed by atoms with Crippen molar-refractivity contribution in [2.45, 2.75) is 6.92 Å². The first-order chi connectivity index (χ1) is 9.11. The molecule has 94 valence electrons. The molecule has 2 aromatic rings. The molecule has 0 aliphatic rings. The number of hydrogen-bond donors (Lipinski definition) is 1. The third-order valence-electron chi connectivity index (χ3n) is 2.62. The number of nitrogens with one attached hydrogen (secondary N) is 1. The Morgan fingerprint density at radius 2 is 2.21 bits per heavy atom. The van der Waals surface area contributed by atoms with Gasteiger partial charge in [0, 0.05) is 11.9 Å². The van der Waals surface area contributed by atoms with Gasteiger partial charge < -0.3 is 5.32 Å². The van der Waals surface area contributed by atoms with E-state index in [1.807, 2.05) is 6.07 Å². The maximum atomic E-state index is 13.4. The van der Waals surface area contributed by atoms with Crippen LogP contribution in [-0.4, -0.2) is 10.9 Å². The quantitative estimate of drug-likeness (QED) is 0.839. The summed E-state index contributed by atoms with van der Waals surface area (Å²) < 4.78 is 13.4. The van der Waals surface area contributed by atoms with Gasteiger partial charge in [-0.1, -0.05) is 6.07 Å². The van der Waals surface area contributed by atoms with Crippen LogP contribution in [0.5, 0.6) is 0 Å². The molecule has 0 aliphatic carbocycles. The molecule has 0 bridgehead atoms. The van der Waals surface area contributed by atoms with Crippen LogP contribution < -0.4 is 5.32 Å². The van der Waals surface area contributed by atoms with Crippen molar-refractivity contribution in [2.24, 2.45) is 0 Å². The van der Waals surface area contributed by atoms with Gasteiger partial charge in [0.25, 0.3) is 5.91 Å². The Morgan fingerprint density at radius 3 is 2.89 bits per heavy atom. The number of aryl methyl sites for hydroxylation is 1. The van der Waals surface area contributed by atoms with Crippen LogP contribution in [0, 0.1) is 24.2 Å². The third-order valence-corrected chi connectivity index (χ3v) is 2.62. The number of carbonyl (C=O) groups excluding carboxylic acids is 1. The van der Waals surface area contributed by atoms with Crippen molar-refractivity contribution in [3.8, 4) is 6.07 Å². The van der Waals surface area contributed by atoms with Gasteiger partial charge in [-0.05, 0) is 36.8 Å². The number of rotatable bonds is 2. The van der Waals surface area contributed by atoms with Crippen molar-refractivity contribution < 1.29 is 9.18 Å². The highest BCUT2D eigenvalue weighted by atomic mass is 19.1. The van der Waals surface area contributed by atoms with E-state index in [0.29, 0.717) is 11.3 Å². The second-order valence-corrected chi connectivity index (χ2v) is 3.94. The summed E-state index contributed by atoms with van der Waals surface area (Å²) in [4.78, 5) is 15.3. The fraction of sp³-hybridized carbons (Fsp3) is 0.0714. The molecule has 1 heterocycles. The number of hydrogen-bond acceptors (Lipinski definition) is 3. The number of pyridine rings is 1. The van der Waals surface area contributed by atoms with E-state index in [1.165, 1.54) is 18.3 Å². The predicted octanol–water partition coefficient (Wildman–Crippen LogP) is 2.65. The first-order valence-corrected chi connectivity index (χ1v) is 5.54. The van der Waals surface area contributed by atoms with Crippen LogP contribution in [0.4, 0.5) is 10.1 Å². The zero-order valence-corrected chi connectivity index (χ0v) is 10.1. The fourth-order valence-electron chi connectivity index (χ4n) is 1.57. The van der Waals surface area contributed by atoms with Gasteiger partial charge >= 0.3 is 0 Å². The molecule has 1 aromatic carbocycles. The maximum Gasteiger partial charge on any atom is 0.260 e. The number of anilines is 1. The minimum absolute atomic E-state index is 0.135. The van der Waals surface area contributed by atoms with E-state index in [-0.39, 0.29) is 5.56 Å². The van der Waals surface area contributed by atoms with Crippen molar-refractivity contribution in [1.29, 1.82) is 5.26 Å². The van der Waals surface area contributed by atoms with Crippen molar-refractivity contribution in [3.05, 3.63) is 59.2 Å². The van der Waals surface area contributed by atoms with E-state index in [9.17, 15) is 9.18 Å². The van der Waals surface area contributed by atoms with E-state index in [2.05, 4.69) is 10.3 Å². The predicted molar refractivity (Wildman–Crippen MR) is 68.0 cm³/mol. The summed E-state index contributed by atoms with van der Waals surface area (Å²) in [5.74, 6) is -1.42. The van der Waals surface area contributed by atoms with E-state index in [1.54, 1.807) is 25.1 Å². The minimum atomic E-state index is -0.825. The smallest absolute Gasteiger partial charge is 0.260 e. The van der Waals surface area contributed by atoms with E-state index in [0.717, 1.165) is 5.56 Å². The highest BCUT2D eigenvalue weighted by Gasteiger charge is 2.13. The number of halogens is 1. The molecule has 1 amide bonds. The lowest BCUT2D eigenvalue weighted by molar-refractivity contribution is 0.102. The topological polar surface area (TPSA) is 65.8 Å². The molecule has 0 saturated heterocycles. The fourth-order valence-corrected chi connectivity index (χ4v) is 1.57. The van der Waals surface area contributed by atoms with E-state index in [4.69, 9.17) is 5.26 Å². The Labute approximate surface area is 109 Å². The van der Waals surface area contributed by atoms with Gasteiger partial charge in [-0.2, -0.15) is 9.65 Å². The molecule has 0 unspecified atom stereocenters. The summed E-state index contributed by atoms with van der Waals surface area (Å²) in [6.45, 7) is 1.79. The molecule has 0 saturated carbocycles. The van der Waals surface area contributed by atoms with Crippen LogP contribution in [0.25, 0.3) is 0 Å². The summed E-state index contributed by atoms with van der Waals surface area (Å²) >= 11 is 0. The monoisotopic (exact) mass is 255 g/mol. The molecule has 4 nitrogen and oxygen atoms in total. The van der Waals surface area contributed by atoms with Crippen LogP contribution >= 0.6 is 0 Å². The SMILES string of the molecule is Cc1ccc(C#N)cc1NC(=O)c1cccnc1F. The first kappa shape index (κ1) is 12.7. The van der Waals surface area contributed by atoms with Gasteiger partial charge in [0.05, 0.1) is 17.2 Å². The van der Waals surface area contributed by atoms with Crippen LogP contribution in [0.15, 0.2) is 36.5 Å². The zero-order valence-electron chi connectivity index (χ0n) is 10.1. The Morgan fingerprint density at radius 1 is 1.42 bits per heavy atom. The lowest BCUT2D eigenvalue weighted by Crippen LogP contribution is -2.15. The van der Waals surface area contributed by atoms with Gasteiger partial charge in [-0.15, -0.1) is 0 Å². The Kier molecular flexibility index (Phi) is 3.53. The lowest BCUT2D eigenvalue weighted by atomic mass is 10.1. The van der Waals surface area contributed by atoms with Crippen molar-refractivity contribution in [2.75, 3.05) is 5.32 Å². The number of aromatic nitrogens is 1. The number of nitrogens with zero attached hydrogens (tertiary/aromatic N) is 2. The summed E-state index contributed by atoms with van der Waals surface area (Å²) in [5.41, 5.74) is 1.56. The van der Waals surface area contributed by atoms with Crippen LogP contribution in [0.2, 0.25) is 0 Å². The molecular weight excluding hydrogens is 245 g/mol. The van der Waals surface area contributed by atoms with Crippen LogP contribution in [0.1, 0.15) is 21.5 Å². The molecule has 5 heteroatoms. The van der Waals surface area contributed by atoms with Crippen LogP contribution in [0.3, 0.4) is 0 Å². The number of carbonyl (C=O) groups is 1. The Bertz CT molecular complexity index is 677.